The molecule has 2 aromatic heterocycles. The van der Waals surface area contributed by atoms with E-state index in [-0.39, 0.29) is 5.91 Å². The summed E-state index contributed by atoms with van der Waals surface area (Å²) in [5.74, 6) is -0.199. The predicted octanol–water partition coefficient (Wildman–Crippen LogP) is 4.01. The Morgan fingerprint density at radius 1 is 0.917 bits per heavy atom. The van der Waals surface area contributed by atoms with Crippen LogP contribution in [0.15, 0.2) is 66.9 Å². The average molecular weight is 332 g/mol. The summed E-state index contributed by atoms with van der Waals surface area (Å²) in [6.07, 6.45) is 1.70. The van der Waals surface area contributed by atoms with E-state index in [1.54, 1.807) is 12.3 Å². The maximum Gasteiger partial charge on any atom is 0.258 e. The van der Waals surface area contributed by atoms with E-state index in [0.29, 0.717) is 15.7 Å². The third-order valence-corrected chi connectivity index (χ3v) is 4.42. The molecular formula is C18H12N4OS. The highest BCUT2D eigenvalue weighted by atomic mass is 32.1. The van der Waals surface area contributed by atoms with Gasteiger partial charge in [0.2, 0.25) is 5.13 Å². The Morgan fingerprint density at radius 2 is 1.75 bits per heavy atom. The van der Waals surface area contributed by atoms with E-state index in [9.17, 15) is 4.79 Å². The molecule has 4 aromatic rings. The molecule has 24 heavy (non-hydrogen) atoms. The molecule has 2 heterocycles. The van der Waals surface area contributed by atoms with E-state index in [2.05, 4.69) is 20.5 Å². The van der Waals surface area contributed by atoms with Crippen molar-refractivity contribution in [1.29, 1.82) is 0 Å². The van der Waals surface area contributed by atoms with Crippen LogP contribution in [0.4, 0.5) is 5.13 Å². The molecule has 2 aromatic carbocycles. The molecule has 5 nitrogen and oxygen atoms in total. The van der Waals surface area contributed by atoms with Gasteiger partial charge in [-0.2, -0.15) is 0 Å². The van der Waals surface area contributed by atoms with Crippen LogP contribution < -0.4 is 5.32 Å². The van der Waals surface area contributed by atoms with Gasteiger partial charge < -0.3 is 0 Å². The molecule has 0 radical (unpaired) electrons. The number of hydrogen-bond acceptors (Lipinski definition) is 5. The quantitative estimate of drug-likeness (QED) is 0.615. The van der Waals surface area contributed by atoms with Gasteiger partial charge in [0.25, 0.3) is 5.91 Å². The van der Waals surface area contributed by atoms with Crippen molar-refractivity contribution in [3.8, 4) is 10.7 Å². The van der Waals surface area contributed by atoms with Crippen molar-refractivity contribution in [3.05, 3.63) is 72.4 Å². The minimum Gasteiger partial charge on any atom is -0.296 e. The van der Waals surface area contributed by atoms with Crippen molar-refractivity contribution in [1.82, 2.24) is 15.2 Å². The zero-order valence-corrected chi connectivity index (χ0v) is 13.3. The number of fused-ring (bicyclic) bond motifs is 1. The van der Waals surface area contributed by atoms with Crippen LogP contribution in [0.5, 0.6) is 0 Å². The van der Waals surface area contributed by atoms with E-state index in [1.807, 2.05) is 54.6 Å². The lowest BCUT2D eigenvalue weighted by Gasteiger charge is -2.05. The summed E-state index contributed by atoms with van der Waals surface area (Å²) in [4.78, 5) is 16.8. The second-order valence-electron chi connectivity index (χ2n) is 5.11. The molecule has 0 saturated heterocycles. The fourth-order valence-corrected chi connectivity index (χ4v) is 3.17. The van der Waals surface area contributed by atoms with Gasteiger partial charge in [0, 0.05) is 11.8 Å². The van der Waals surface area contributed by atoms with Gasteiger partial charge >= 0.3 is 0 Å². The van der Waals surface area contributed by atoms with Crippen LogP contribution in [-0.4, -0.2) is 21.1 Å². The molecule has 116 valence electrons. The van der Waals surface area contributed by atoms with Crippen molar-refractivity contribution < 1.29 is 4.79 Å². The first-order valence-electron chi connectivity index (χ1n) is 7.35. The minimum absolute atomic E-state index is 0.199. The molecule has 0 aliphatic carbocycles. The lowest BCUT2D eigenvalue weighted by molar-refractivity contribution is 0.102. The summed E-state index contributed by atoms with van der Waals surface area (Å²) in [6, 6.07) is 19.0. The number of benzene rings is 2. The number of nitrogens with zero attached hydrogens (tertiary/aromatic N) is 3. The van der Waals surface area contributed by atoms with Crippen LogP contribution >= 0.6 is 11.3 Å². The Hall–Kier alpha value is -3.12. The molecule has 0 aliphatic heterocycles. The monoisotopic (exact) mass is 332 g/mol. The first-order chi connectivity index (χ1) is 11.8. The van der Waals surface area contributed by atoms with Gasteiger partial charge in [-0.05, 0) is 29.0 Å². The molecule has 0 aliphatic rings. The van der Waals surface area contributed by atoms with Gasteiger partial charge in [0.15, 0.2) is 5.01 Å². The third-order valence-electron chi connectivity index (χ3n) is 3.56. The summed E-state index contributed by atoms with van der Waals surface area (Å²) in [6.45, 7) is 0. The van der Waals surface area contributed by atoms with Gasteiger partial charge in [-0.1, -0.05) is 53.8 Å². The number of pyridine rings is 1. The summed E-state index contributed by atoms with van der Waals surface area (Å²) in [5.41, 5.74) is 1.35. The zero-order valence-electron chi connectivity index (χ0n) is 12.5. The highest BCUT2D eigenvalue weighted by molar-refractivity contribution is 7.18. The molecular weight excluding hydrogens is 320 g/mol. The molecule has 6 heteroatoms. The highest BCUT2D eigenvalue weighted by Gasteiger charge is 2.13. The van der Waals surface area contributed by atoms with Gasteiger partial charge in [-0.15, -0.1) is 10.2 Å². The van der Waals surface area contributed by atoms with E-state index >= 15 is 0 Å². The first kappa shape index (κ1) is 14.5. The fraction of sp³-hybridized carbons (Fsp3) is 0. The largest absolute Gasteiger partial charge is 0.296 e. The Bertz CT molecular complexity index is 1010. The van der Waals surface area contributed by atoms with Crippen LogP contribution in [0.2, 0.25) is 0 Å². The maximum absolute atomic E-state index is 12.6. The minimum atomic E-state index is -0.199. The molecule has 1 amide bonds. The molecule has 1 N–H and O–H groups in total. The molecule has 0 spiro atoms. The standard InChI is InChI=1S/C18H12N4OS/c23-16(14-9-5-7-12-6-1-2-8-13(12)14)20-18-22-21-17(24-18)15-10-3-4-11-19-15/h1-11H,(H,20,22,23). The predicted molar refractivity (Wildman–Crippen MR) is 95.0 cm³/mol. The summed E-state index contributed by atoms with van der Waals surface area (Å²) < 4.78 is 0. The average Bonchev–Trinajstić information content (AvgIpc) is 3.10. The Kier molecular flexibility index (Phi) is 3.72. The van der Waals surface area contributed by atoms with Gasteiger partial charge in [0.1, 0.15) is 5.69 Å². The van der Waals surface area contributed by atoms with Crippen molar-refractivity contribution in [2.75, 3.05) is 5.32 Å². The van der Waals surface area contributed by atoms with Crippen LogP contribution in [0.3, 0.4) is 0 Å². The molecule has 0 fully saturated rings. The van der Waals surface area contributed by atoms with E-state index in [1.165, 1.54) is 11.3 Å². The normalized spacial score (nSPS) is 10.7. The number of nitrogens with one attached hydrogen (secondary N) is 1. The number of anilines is 1. The second kappa shape index (κ2) is 6.17. The van der Waals surface area contributed by atoms with E-state index in [0.717, 1.165) is 16.5 Å². The van der Waals surface area contributed by atoms with Crippen LogP contribution in [0.1, 0.15) is 10.4 Å². The Labute approximate surface area is 142 Å². The zero-order chi connectivity index (χ0) is 16.4. The van der Waals surface area contributed by atoms with E-state index in [4.69, 9.17) is 0 Å². The molecule has 0 atom stereocenters. The van der Waals surface area contributed by atoms with Crippen molar-refractivity contribution in [2.45, 2.75) is 0 Å². The van der Waals surface area contributed by atoms with E-state index < -0.39 is 0 Å². The summed E-state index contributed by atoms with van der Waals surface area (Å²) >= 11 is 1.30. The van der Waals surface area contributed by atoms with Crippen molar-refractivity contribution >= 4 is 33.1 Å². The van der Waals surface area contributed by atoms with Crippen LogP contribution in [0, 0.1) is 0 Å². The van der Waals surface area contributed by atoms with Gasteiger partial charge in [-0.3, -0.25) is 15.1 Å². The molecule has 0 bridgehead atoms. The smallest absolute Gasteiger partial charge is 0.258 e. The third kappa shape index (κ3) is 2.75. The molecule has 0 saturated carbocycles. The number of hydrogen-bond donors (Lipinski definition) is 1. The summed E-state index contributed by atoms with van der Waals surface area (Å²) in [7, 11) is 0. The van der Waals surface area contributed by atoms with Gasteiger partial charge in [-0.25, -0.2) is 0 Å². The Morgan fingerprint density at radius 3 is 2.62 bits per heavy atom. The lowest BCUT2D eigenvalue weighted by atomic mass is 10.0. The highest BCUT2D eigenvalue weighted by Crippen LogP contribution is 2.25. The Balaban J connectivity index is 1.61. The number of aromatic nitrogens is 3. The van der Waals surface area contributed by atoms with Crippen LogP contribution in [-0.2, 0) is 0 Å². The van der Waals surface area contributed by atoms with Crippen molar-refractivity contribution in [2.24, 2.45) is 0 Å². The second-order valence-corrected chi connectivity index (χ2v) is 6.09. The number of carbonyl (C=O) groups excluding carboxylic acids is 1. The lowest BCUT2D eigenvalue weighted by Crippen LogP contribution is -2.12. The first-order valence-corrected chi connectivity index (χ1v) is 8.17. The number of amides is 1. The number of carbonyl (C=O) groups is 1. The summed E-state index contributed by atoms with van der Waals surface area (Å²) in [5, 5.41) is 14.0. The topological polar surface area (TPSA) is 67.8 Å². The fourth-order valence-electron chi connectivity index (χ4n) is 2.45. The van der Waals surface area contributed by atoms with Crippen molar-refractivity contribution in [3.63, 3.8) is 0 Å². The number of rotatable bonds is 3. The maximum atomic E-state index is 12.6. The van der Waals surface area contributed by atoms with Gasteiger partial charge in [0.05, 0.1) is 0 Å². The molecule has 0 unspecified atom stereocenters. The molecule has 4 rings (SSSR count). The SMILES string of the molecule is O=C(Nc1nnc(-c2ccccn2)s1)c1cccc2ccccc12. The van der Waals surface area contributed by atoms with Crippen LogP contribution in [0.25, 0.3) is 21.5 Å².